The monoisotopic (exact) mass is 645 g/mol. The quantitative estimate of drug-likeness (QED) is 0.173. The third kappa shape index (κ3) is 6.43. The lowest BCUT2D eigenvalue weighted by molar-refractivity contribution is 0.269. The Morgan fingerprint density at radius 3 is 2.49 bits per heavy atom. The second kappa shape index (κ2) is 12.2. The molecule has 4 aromatic rings. The van der Waals surface area contributed by atoms with Crippen molar-refractivity contribution in [2.45, 2.75) is 39.7 Å². The van der Waals surface area contributed by atoms with Crippen LogP contribution in [-0.4, -0.2) is 22.5 Å². The molecule has 0 unspecified atom stereocenters. The summed E-state index contributed by atoms with van der Waals surface area (Å²) in [7, 11) is 0. The first-order valence-corrected chi connectivity index (χ1v) is 13.9. The van der Waals surface area contributed by atoms with E-state index in [1.54, 1.807) is 24.4 Å². The lowest BCUT2D eigenvalue weighted by atomic mass is 10.1. The molecule has 0 bridgehead atoms. The fraction of sp³-hybridized carbons (Fsp3) is 0.250. The number of hydrogen-bond donors (Lipinski definition) is 0. The van der Waals surface area contributed by atoms with Gasteiger partial charge in [-0.25, -0.2) is 4.98 Å². The summed E-state index contributed by atoms with van der Waals surface area (Å²) < 4.78 is 15.0. The summed E-state index contributed by atoms with van der Waals surface area (Å²) in [6, 6.07) is 16.9. The molecular weight excluding hydrogens is 622 g/mol. The number of halogens is 3. The van der Waals surface area contributed by atoms with Crippen molar-refractivity contribution in [1.82, 2.24) is 9.66 Å². The normalized spacial score (nSPS) is 12.3. The topological polar surface area (TPSA) is 65.7 Å². The molecule has 0 aliphatic carbocycles. The van der Waals surface area contributed by atoms with Gasteiger partial charge in [0.05, 0.1) is 28.7 Å². The van der Waals surface area contributed by atoms with Gasteiger partial charge >= 0.3 is 0 Å². The van der Waals surface area contributed by atoms with Gasteiger partial charge in [-0.1, -0.05) is 69.4 Å². The third-order valence-corrected chi connectivity index (χ3v) is 7.14. The molecule has 192 valence electrons. The summed E-state index contributed by atoms with van der Waals surface area (Å²) in [4.78, 5) is 18.1. The van der Waals surface area contributed by atoms with Crippen molar-refractivity contribution in [2.75, 3.05) is 6.61 Å². The van der Waals surface area contributed by atoms with Crippen molar-refractivity contribution in [2.24, 2.45) is 5.10 Å². The average Bonchev–Trinajstić information content (AvgIpc) is 2.88. The van der Waals surface area contributed by atoms with Crippen LogP contribution < -0.4 is 15.0 Å². The Balaban J connectivity index is 1.71. The molecule has 9 heteroatoms. The first kappa shape index (κ1) is 27.4. The van der Waals surface area contributed by atoms with Gasteiger partial charge in [-0.3, -0.25) is 4.79 Å². The van der Waals surface area contributed by atoms with Crippen molar-refractivity contribution in [1.29, 1.82) is 0 Å². The van der Waals surface area contributed by atoms with Crippen molar-refractivity contribution in [3.8, 4) is 11.5 Å². The minimum atomic E-state index is -0.233. The van der Waals surface area contributed by atoms with Gasteiger partial charge in [0, 0.05) is 14.9 Å². The highest BCUT2D eigenvalue weighted by Gasteiger charge is 2.16. The number of nitrogens with zero attached hydrogens (tertiary/aromatic N) is 3. The first-order chi connectivity index (χ1) is 17.8. The molecule has 4 rings (SSSR count). The Hall–Kier alpha value is -2.68. The van der Waals surface area contributed by atoms with Gasteiger partial charge in [0.1, 0.15) is 12.4 Å². The fourth-order valence-electron chi connectivity index (χ4n) is 3.71. The van der Waals surface area contributed by atoms with E-state index in [1.807, 2.05) is 50.2 Å². The van der Waals surface area contributed by atoms with Gasteiger partial charge in [0.15, 0.2) is 11.5 Å². The lowest BCUT2D eigenvalue weighted by Gasteiger charge is -2.15. The molecule has 0 fully saturated rings. The van der Waals surface area contributed by atoms with Crippen molar-refractivity contribution in [3.05, 3.63) is 95.9 Å². The standard InChI is InChI=1S/C28H26Br2ClN3O3/c1-4-17(3)27-33-24-11-10-21(30)14-22(24)28(35)34(27)32-15-19-12-23(31)26(25(13-19)36-5-2)37-16-18-6-8-20(29)9-7-18/h6-15,17H,4-5,16H2,1-3H3/t17-/m0/s1. The molecule has 0 aliphatic rings. The van der Waals surface area contributed by atoms with E-state index in [-0.39, 0.29) is 11.5 Å². The minimum absolute atomic E-state index is 0.0369. The molecule has 0 aliphatic heterocycles. The summed E-state index contributed by atoms with van der Waals surface area (Å²) >= 11 is 13.5. The summed E-state index contributed by atoms with van der Waals surface area (Å²) in [5.41, 5.74) is 2.08. The van der Waals surface area contributed by atoms with Gasteiger partial charge in [0.2, 0.25) is 0 Å². The Bertz CT molecular complexity index is 1500. The third-order valence-electron chi connectivity index (χ3n) is 5.84. The molecule has 0 saturated heterocycles. The molecule has 1 aromatic heterocycles. The molecule has 0 saturated carbocycles. The zero-order valence-corrected chi connectivity index (χ0v) is 24.6. The molecule has 37 heavy (non-hydrogen) atoms. The number of fused-ring (bicyclic) bond motifs is 1. The van der Waals surface area contributed by atoms with E-state index < -0.39 is 0 Å². The zero-order chi connectivity index (χ0) is 26.5. The summed E-state index contributed by atoms with van der Waals surface area (Å²) in [6.07, 6.45) is 2.40. The van der Waals surface area contributed by atoms with Gasteiger partial charge < -0.3 is 9.47 Å². The SMILES string of the molecule is CCOc1cc(C=Nn2c([C@@H](C)CC)nc3ccc(Br)cc3c2=O)cc(Cl)c1OCc1ccc(Br)cc1. The van der Waals surface area contributed by atoms with Gasteiger partial charge in [-0.05, 0) is 66.9 Å². The van der Waals surface area contributed by atoms with Crippen LogP contribution >= 0.6 is 43.5 Å². The maximum absolute atomic E-state index is 13.4. The number of hydrogen-bond acceptors (Lipinski definition) is 5. The number of benzene rings is 3. The van der Waals surface area contributed by atoms with E-state index in [4.69, 9.17) is 26.1 Å². The van der Waals surface area contributed by atoms with Gasteiger partial charge in [-0.15, -0.1) is 0 Å². The molecule has 1 atom stereocenters. The highest BCUT2D eigenvalue weighted by atomic mass is 79.9. The molecule has 0 spiro atoms. The van der Waals surface area contributed by atoms with Gasteiger partial charge in [0.25, 0.3) is 5.56 Å². The van der Waals surface area contributed by atoms with Crippen LogP contribution in [0.3, 0.4) is 0 Å². The van der Waals surface area contributed by atoms with Gasteiger partial charge in [-0.2, -0.15) is 9.78 Å². The summed E-state index contributed by atoms with van der Waals surface area (Å²) in [5.74, 6) is 1.60. The second-order valence-corrected chi connectivity index (χ2v) is 10.7. The Morgan fingerprint density at radius 1 is 1.05 bits per heavy atom. The van der Waals surface area contributed by atoms with E-state index in [0.717, 1.165) is 20.9 Å². The highest BCUT2D eigenvalue weighted by Crippen LogP contribution is 2.37. The van der Waals surface area contributed by atoms with Crippen LogP contribution in [0.1, 0.15) is 50.1 Å². The van der Waals surface area contributed by atoms with Crippen LogP contribution in [0, 0.1) is 0 Å². The largest absolute Gasteiger partial charge is 0.490 e. The Morgan fingerprint density at radius 2 is 1.78 bits per heavy atom. The molecule has 1 heterocycles. The smallest absolute Gasteiger partial charge is 0.282 e. The first-order valence-electron chi connectivity index (χ1n) is 11.9. The van der Waals surface area contributed by atoms with E-state index in [1.165, 1.54) is 4.68 Å². The van der Waals surface area contributed by atoms with Crippen molar-refractivity contribution in [3.63, 3.8) is 0 Å². The summed E-state index contributed by atoms with van der Waals surface area (Å²) in [6.45, 7) is 6.75. The molecule has 6 nitrogen and oxygen atoms in total. The van der Waals surface area contributed by atoms with Crippen molar-refractivity contribution >= 4 is 60.6 Å². The van der Waals surface area contributed by atoms with E-state index >= 15 is 0 Å². The predicted molar refractivity (Wildman–Crippen MR) is 156 cm³/mol. The number of ether oxygens (including phenoxy) is 2. The Kier molecular flexibility index (Phi) is 9.05. The van der Waals surface area contributed by atoms with Crippen LogP contribution in [-0.2, 0) is 6.61 Å². The summed E-state index contributed by atoms with van der Waals surface area (Å²) in [5, 5.41) is 5.42. The molecule has 0 N–H and O–H groups in total. The highest BCUT2D eigenvalue weighted by molar-refractivity contribution is 9.10. The van der Waals surface area contributed by atoms with E-state index in [0.29, 0.717) is 52.0 Å². The lowest BCUT2D eigenvalue weighted by Crippen LogP contribution is -2.23. The molecular formula is C28H26Br2ClN3O3. The molecule has 0 amide bonds. The Labute approximate surface area is 237 Å². The average molecular weight is 648 g/mol. The number of rotatable bonds is 9. The minimum Gasteiger partial charge on any atom is -0.490 e. The van der Waals surface area contributed by atoms with Crippen LogP contribution in [0.5, 0.6) is 11.5 Å². The number of aromatic nitrogens is 2. The second-order valence-electron chi connectivity index (χ2n) is 8.48. The van der Waals surface area contributed by atoms with E-state index in [9.17, 15) is 4.79 Å². The molecule has 3 aromatic carbocycles. The maximum atomic E-state index is 13.4. The van der Waals surface area contributed by atoms with Crippen LogP contribution in [0.4, 0.5) is 0 Å². The maximum Gasteiger partial charge on any atom is 0.282 e. The van der Waals surface area contributed by atoms with E-state index in [2.05, 4.69) is 43.9 Å². The van der Waals surface area contributed by atoms with Crippen LogP contribution in [0.2, 0.25) is 5.02 Å². The fourth-order valence-corrected chi connectivity index (χ4v) is 4.60. The van der Waals surface area contributed by atoms with Crippen LogP contribution in [0.25, 0.3) is 10.9 Å². The zero-order valence-electron chi connectivity index (χ0n) is 20.7. The predicted octanol–water partition coefficient (Wildman–Crippen LogP) is 7.95. The van der Waals surface area contributed by atoms with Crippen molar-refractivity contribution < 1.29 is 9.47 Å². The molecule has 0 radical (unpaired) electrons. The van der Waals surface area contributed by atoms with Crippen LogP contribution in [0.15, 0.2) is 73.4 Å².